The van der Waals surface area contributed by atoms with Crippen LogP contribution in [0, 0.1) is 17.3 Å². The van der Waals surface area contributed by atoms with Gasteiger partial charge in [-0.05, 0) is 61.8 Å². The molecular weight excluding hydrogens is 721 g/mol. The fourth-order valence-corrected chi connectivity index (χ4v) is 9.00. The molecule has 1 aliphatic rings. The molecule has 0 spiro atoms. The van der Waals surface area contributed by atoms with Crippen LogP contribution in [0.25, 0.3) is 0 Å². The second-order valence-corrected chi connectivity index (χ2v) is 16.0. The van der Waals surface area contributed by atoms with Crippen molar-refractivity contribution in [1.82, 2.24) is 4.90 Å². The summed E-state index contributed by atoms with van der Waals surface area (Å²) < 4.78 is 23.9. The second kappa shape index (κ2) is 18.0. The van der Waals surface area contributed by atoms with Gasteiger partial charge in [0.1, 0.15) is 39.6 Å². The summed E-state index contributed by atoms with van der Waals surface area (Å²) in [6, 6.07) is 26.4. The van der Waals surface area contributed by atoms with Crippen LogP contribution in [0.5, 0.6) is 23.0 Å². The highest BCUT2D eigenvalue weighted by molar-refractivity contribution is 6.05. The maximum absolute atomic E-state index is 16.3. The number of rotatable bonds is 18. The van der Waals surface area contributed by atoms with E-state index in [1.807, 2.05) is 76.2 Å². The Morgan fingerprint density at radius 2 is 0.877 bits per heavy atom. The van der Waals surface area contributed by atoms with Gasteiger partial charge in [0.2, 0.25) is 11.8 Å². The first-order chi connectivity index (χ1) is 27.3. The van der Waals surface area contributed by atoms with Gasteiger partial charge in [-0.3, -0.25) is 9.59 Å². The van der Waals surface area contributed by atoms with Crippen LogP contribution < -0.4 is 24.7 Å². The van der Waals surface area contributed by atoms with Gasteiger partial charge in [-0.2, -0.15) is 0 Å². The van der Waals surface area contributed by atoms with E-state index in [0.29, 0.717) is 58.1 Å². The van der Waals surface area contributed by atoms with Gasteiger partial charge in [0.05, 0.1) is 40.5 Å². The molecule has 0 heterocycles. The van der Waals surface area contributed by atoms with Crippen LogP contribution in [0.3, 0.4) is 0 Å². The number of amides is 2. The van der Waals surface area contributed by atoms with Gasteiger partial charge in [0, 0.05) is 22.3 Å². The number of primary amides is 1. The average molecular weight is 781 g/mol. The van der Waals surface area contributed by atoms with Gasteiger partial charge in [0.25, 0.3) is 0 Å². The lowest BCUT2D eigenvalue weighted by atomic mass is 9.70. The van der Waals surface area contributed by atoms with Crippen LogP contribution in [-0.4, -0.2) is 67.5 Å². The standard InChI is InChI=1S/C47H60N2O8/c1-31(2)29-41(46(52,33-19-9-13-23-37(33)54-5)34-20-10-14-24-38(34)55-6)49(44(51)45(43(48)50)27-17-18-28-45)42(30-32(3)4)47(53,35-21-11-15-25-39(35)56-7)36-22-12-16-26-40(36)57-8/h9-16,19-26,31-32,41-42,52-53H,17-18,27-30H2,1-8H3,(H2,48,50)/t41-,42-/m1/s1. The predicted molar refractivity (Wildman–Crippen MR) is 221 cm³/mol. The van der Waals surface area contributed by atoms with Crippen LogP contribution >= 0.6 is 0 Å². The average Bonchev–Trinajstić information content (AvgIpc) is 3.74. The molecule has 4 aromatic carbocycles. The number of para-hydroxylation sites is 4. The zero-order valence-electron chi connectivity index (χ0n) is 34.7. The molecule has 4 aromatic rings. The molecule has 2 amide bonds. The maximum Gasteiger partial charge on any atom is 0.239 e. The Bertz CT molecular complexity index is 1770. The minimum absolute atomic E-state index is 0.125. The zero-order chi connectivity index (χ0) is 41.5. The quantitative estimate of drug-likeness (QED) is 0.0878. The third-order valence-electron chi connectivity index (χ3n) is 11.7. The Morgan fingerprint density at radius 1 is 0.596 bits per heavy atom. The molecule has 2 atom stereocenters. The van der Waals surface area contributed by atoms with E-state index < -0.39 is 40.5 Å². The lowest BCUT2D eigenvalue weighted by molar-refractivity contribution is -0.169. The van der Waals surface area contributed by atoms with Crippen LogP contribution in [0.4, 0.5) is 0 Å². The van der Waals surface area contributed by atoms with Crippen molar-refractivity contribution in [1.29, 1.82) is 0 Å². The van der Waals surface area contributed by atoms with Gasteiger partial charge in [-0.15, -0.1) is 0 Å². The van der Waals surface area contributed by atoms with Crippen LogP contribution in [-0.2, 0) is 20.8 Å². The Labute approximate surface area is 337 Å². The lowest BCUT2D eigenvalue weighted by Crippen LogP contribution is -2.66. The van der Waals surface area contributed by atoms with Gasteiger partial charge >= 0.3 is 0 Å². The van der Waals surface area contributed by atoms with Crippen molar-refractivity contribution < 1.29 is 38.7 Å². The molecule has 1 saturated carbocycles. The number of hydrogen-bond donors (Lipinski definition) is 3. The Kier molecular flexibility index (Phi) is 13.6. The van der Waals surface area contributed by atoms with Crippen molar-refractivity contribution in [3.05, 3.63) is 119 Å². The summed E-state index contributed by atoms with van der Waals surface area (Å²) in [5.41, 5.74) is 2.10. The summed E-state index contributed by atoms with van der Waals surface area (Å²) in [6.07, 6.45) is 2.11. The minimum atomic E-state index is -2.06. The molecule has 4 N–H and O–H groups in total. The van der Waals surface area contributed by atoms with Crippen LogP contribution in [0.15, 0.2) is 97.1 Å². The molecule has 10 nitrogen and oxygen atoms in total. The molecule has 1 aliphatic carbocycles. The first kappa shape index (κ1) is 43.1. The summed E-state index contributed by atoms with van der Waals surface area (Å²) in [5, 5.41) is 28.3. The first-order valence-corrected chi connectivity index (χ1v) is 19.9. The molecule has 0 aromatic heterocycles. The smallest absolute Gasteiger partial charge is 0.239 e. The van der Waals surface area contributed by atoms with Crippen molar-refractivity contribution in [3.8, 4) is 23.0 Å². The van der Waals surface area contributed by atoms with Gasteiger partial charge in [-0.1, -0.05) is 113 Å². The number of aliphatic hydroxyl groups is 2. The van der Waals surface area contributed by atoms with Crippen molar-refractivity contribution in [2.45, 2.75) is 89.5 Å². The molecule has 0 bridgehead atoms. The molecule has 0 radical (unpaired) electrons. The van der Waals surface area contributed by atoms with E-state index in [9.17, 15) is 15.0 Å². The largest absolute Gasteiger partial charge is 0.496 e. The van der Waals surface area contributed by atoms with Gasteiger partial charge in [-0.25, -0.2) is 0 Å². The first-order valence-electron chi connectivity index (χ1n) is 19.9. The Balaban J connectivity index is 2.04. The van der Waals surface area contributed by atoms with Crippen molar-refractivity contribution in [3.63, 3.8) is 0 Å². The predicted octanol–water partition coefficient (Wildman–Crippen LogP) is 7.60. The third-order valence-corrected chi connectivity index (χ3v) is 11.7. The number of carbonyl (C=O) groups is 2. The van der Waals surface area contributed by atoms with E-state index in [1.54, 1.807) is 53.4 Å². The third kappa shape index (κ3) is 7.94. The molecule has 1 fully saturated rings. The van der Waals surface area contributed by atoms with E-state index in [4.69, 9.17) is 24.7 Å². The van der Waals surface area contributed by atoms with Crippen molar-refractivity contribution >= 4 is 11.8 Å². The summed E-state index contributed by atoms with van der Waals surface area (Å²) in [7, 11) is 6.14. The van der Waals surface area contributed by atoms with Gasteiger partial charge < -0.3 is 39.8 Å². The molecule has 10 heteroatoms. The van der Waals surface area contributed by atoms with E-state index in [0.717, 1.165) is 0 Å². The van der Waals surface area contributed by atoms with Gasteiger partial charge in [0.15, 0.2) is 0 Å². The monoisotopic (exact) mass is 780 g/mol. The fraction of sp³-hybridized carbons (Fsp3) is 0.447. The highest BCUT2D eigenvalue weighted by atomic mass is 16.5. The number of hydrogen-bond acceptors (Lipinski definition) is 8. The zero-order valence-corrected chi connectivity index (χ0v) is 34.7. The maximum atomic E-state index is 16.3. The molecule has 0 aliphatic heterocycles. The highest BCUT2D eigenvalue weighted by Crippen LogP contribution is 2.53. The van der Waals surface area contributed by atoms with Crippen LogP contribution in [0.2, 0.25) is 0 Å². The van der Waals surface area contributed by atoms with E-state index in [-0.39, 0.29) is 37.5 Å². The minimum Gasteiger partial charge on any atom is -0.496 e. The lowest BCUT2D eigenvalue weighted by Gasteiger charge is -2.54. The molecule has 306 valence electrons. The Hall–Kier alpha value is -5.06. The van der Waals surface area contributed by atoms with Crippen LogP contribution in [0.1, 0.15) is 88.5 Å². The number of benzene rings is 4. The second-order valence-electron chi connectivity index (χ2n) is 16.0. The Morgan fingerprint density at radius 3 is 1.12 bits per heavy atom. The van der Waals surface area contributed by atoms with E-state index in [2.05, 4.69) is 0 Å². The number of ether oxygens (including phenoxy) is 4. The summed E-state index contributed by atoms with van der Waals surface area (Å²) in [5.74, 6) is -0.0388. The molecule has 0 saturated heterocycles. The molecule has 5 rings (SSSR count). The topological polar surface area (TPSA) is 141 Å². The normalized spacial score (nSPS) is 15.2. The number of nitrogens with zero attached hydrogens (tertiary/aromatic N) is 1. The summed E-state index contributed by atoms with van der Waals surface area (Å²) in [4.78, 5) is 31.8. The number of nitrogens with two attached hydrogens (primary N) is 1. The number of methoxy groups -OCH3 is 4. The highest BCUT2D eigenvalue weighted by Gasteiger charge is 2.60. The summed E-state index contributed by atoms with van der Waals surface area (Å²) >= 11 is 0. The van der Waals surface area contributed by atoms with E-state index in [1.165, 1.54) is 28.4 Å². The van der Waals surface area contributed by atoms with Crippen molar-refractivity contribution in [2.24, 2.45) is 23.0 Å². The molecule has 57 heavy (non-hydrogen) atoms. The number of carbonyl (C=O) groups excluding carboxylic acids is 2. The van der Waals surface area contributed by atoms with E-state index >= 15 is 4.79 Å². The SMILES string of the molecule is COc1ccccc1C(O)(c1ccccc1OC)[C@@H](CC(C)C)N(C(=O)C1(C(N)=O)CCCC1)[C@H](CC(C)C)C(O)(c1ccccc1OC)c1ccccc1OC. The molecular formula is C47H60N2O8. The summed E-state index contributed by atoms with van der Waals surface area (Å²) in [6.45, 7) is 8.07. The van der Waals surface area contributed by atoms with Crippen molar-refractivity contribution in [2.75, 3.05) is 28.4 Å². The molecule has 0 unspecified atom stereocenters. The fourth-order valence-electron chi connectivity index (χ4n) is 9.00.